The second kappa shape index (κ2) is 7.96. The number of nitrogens with zero attached hydrogens (tertiary/aromatic N) is 1. The number of fused-ring (bicyclic) bond motifs is 1. The summed E-state index contributed by atoms with van der Waals surface area (Å²) in [6.45, 7) is 3.43. The van der Waals surface area contributed by atoms with Crippen molar-refractivity contribution < 1.29 is 24.2 Å². The van der Waals surface area contributed by atoms with Gasteiger partial charge in [0, 0.05) is 18.0 Å². The summed E-state index contributed by atoms with van der Waals surface area (Å²) in [5.74, 6) is -0.750. The number of aromatic hydroxyl groups is 1. The highest BCUT2D eigenvalue weighted by molar-refractivity contribution is 6.04. The maximum atomic E-state index is 12.4. The summed E-state index contributed by atoms with van der Waals surface area (Å²) in [6, 6.07) is 12.2. The number of hydrazone groups is 1. The first-order valence-corrected chi connectivity index (χ1v) is 8.71. The van der Waals surface area contributed by atoms with Crippen molar-refractivity contribution in [2.24, 2.45) is 5.10 Å². The highest BCUT2D eigenvalue weighted by atomic mass is 16.4. The van der Waals surface area contributed by atoms with Crippen molar-refractivity contribution in [1.82, 2.24) is 5.43 Å². The molecular weight excluding hydrogens is 360 g/mol. The Kier molecular flexibility index (Phi) is 5.44. The predicted octanol–water partition coefficient (Wildman–Crippen LogP) is 2.28. The zero-order chi connectivity index (χ0) is 20.3. The Hall–Kier alpha value is -3.61. The van der Waals surface area contributed by atoms with Crippen LogP contribution in [-0.4, -0.2) is 22.7 Å². The molecule has 0 atom stereocenters. The Balaban J connectivity index is 1.77. The van der Waals surface area contributed by atoms with Crippen LogP contribution in [0.2, 0.25) is 0 Å². The number of amides is 1. The van der Waals surface area contributed by atoms with Crippen LogP contribution in [0, 0.1) is 6.92 Å². The topological polar surface area (TPSA) is 115 Å². The molecule has 7 nitrogen and oxygen atoms in total. The summed E-state index contributed by atoms with van der Waals surface area (Å²) in [6.07, 6.45) is 0.0777. The Labute approximate surface area is 161 Å². The molecule has 0 bridgehead atoms. The zero-order valence-corrected chi connectivity index (χ0v) is 15.5. The standard InChI is InChI=1S/C21H20N2O5/c1-12(17-11-16(28-13(17)2)7-8-20(25)26)22-23-21(27)18-9-14-5-3-4-6-15(14)10-19(18)24/h3-6,9-11,24H,7-8H2,1-2H3,(H,23,27)(H,25,26)/p-1/b22-12-. The van der Waals surface area contributed by atoms with Gasteiger partial charge in [0.1, 0.15) is 17.3 Å². The molecule has 144 valence electrons. The van der Waals surface area contributed by atoms with Gasteiger partial charge < -0.3 is 19.4 Å². The van der Waals surface area contributed by atoms with Crippen molar-refractivity contribution >= 4 is 28.4 Å². The second-order valence-corrected chi connectivity index (χ2v) is 6.41. The number of aryl methyl sites for hydroxylation is 2. The quantitative estimate of drug-likeness (QED) is 0.504. The van der Waals surface area contributed by atoms with E-state index in [4.69, 9.17) is 4.42 Å². The SMILES string of the molecule is C/C(=N/NC(=O)c1cc2ccccc2cc1O)c1cc(CCC(=O)[O-])oc1C. The third kappa shape index (κ3) is 4.20. The molecule has 0 fully saturated rings. The van der Waals surface area contributed by atoms with Crippen LogP contribution in [0.3, 0.4) is 0 Å². The Morgan fingerprint density at radius 1 is 1.14 bits per heavy atom. The fourth-order valence-electron chi connectivity index (χ4n) is 2.92. The first-order chi connectivity index (χ1) is 13.3. The zero-order valence-electron chi connectivity index (χ0n) is 15.5. The van der Waals surface area contributed by atoms with Crippen LogP contribution in [0.25, 0.3) is 10.8 Å². The number of phenolic OH excluding ortho intramolecular Hbond substituents is 1. The molecular formula is C21H19N2O5-. The second-order valence-electron chi connectivity index (χ2n) is 6.41. The fourth-order valence-corrected chi connectivity index (χ4v) is 2.92. The number of carbonyl (C=O) groups excluding carboxylic acids is 2. The van der Waals surface area contributed by atoms with Crippen molar-refractivity contribution in [2.45, 2.75) is 26.7 Å². The van der Waals surface area contributed by atoms with Gasteiger partial charge in [-0.2, -0.15) is 5.10 Å². The van der Waals surface area contributed by atoms with Crippen LogP contribution in [0.4, 0.5) is 0 Å². The number of phenols is 1. The van der Waals surface area contributed by atoms with Crippen molar-refractivity contribution in [2.75, 3.05) is 0 Å². The molecule has 28 heavy (non-hydrogen) atoms. The number of hydrogen-bond donors (Lipinski definition) is 2. The van der Waals surface area contributed by atoms with Gasteiger partial charge in [-0.25, -0.2) is 5.43 Å². The van der Waals surface area contributed by atoms with Crippen molar-refractivity contribution in [1.29, 1.82) is 0 Å². The van der Waals surface area contributed by atoms with Gasteiger partial charge in [0.2, 0.25) is 0 Å². The lowest BCUT2D eigenvalue weighted by molar-refractivity contribution is -0.305. The molecule has 0 saturated heterocycles. The van der Waals surface area contributed by atoms with Gasteiger partial charge >= 0.3 is 0 Å². The molecule has 1 amide bonds. The minimum atomic E-state index is -1.15. The normalized spacial score (nSPS) is 11.6. The van der Waals surface area contributed by atoms with E-state index in [9.17, 15) is 19.8 Å². The lowest BCUT2D eigenvalue weighted by atomic mass is 10.1. The van der Waals surface area contributed by atoms with Crippen LogP contribution in [0.15, 0.2) is 52.0 Å². The van der Waals surface area contributed by atoms with E-state index in [-0.39, 0.29) is 24.2 Å². The van der Waals surface area contributed by atoms with Gasteiger partial charge in [0.05, 0.1) is 11.3 Å². The summed E-state index contributed by atoms with van der Waals surface area (Å²) in [5.41, 5.74) is 3.71. The summed E-state index contributed by atoms with van der Waals surface area (Å²) < 4.78 is 5.52. The maximum Gasteiger partial charge on any atom is 0.275 e. The number of carbonyl (C=O) groups is 2. The predicted molar refractivity (Wildman–Crippen MR) is 102 cm³/mol. The number of carboxylic acids is 1. The molecule has 1 aromatic heterocycles. The van der Waals surface area contributed by atoms with Gasteiger partial charge in [0.15, 0.2) is 0 Å². The summed E-state index contributed by atoms with van der Waals surface area (Å²) in [7, 11) is 0. The Morgan fingerprint density at radius 3 is 2.50 bits per heavy atom. The molecule has 3 rings (SSSR count). The highest BCUT2D eigenvalue weighted by Gasteiger charge is 2.14. The lowest BCUT2D eigenvalue weighted by Crippen LogP contribution is -2.22. The Morgan fingerprint density at radius 2 is 1.82 bits per heavy atom. The molecule has 3 aromatic rings. The summed E-state index contributed by atoms with van der Waals surface area (Å²) >= 11 is 0. The number of rotatable bonds is 6. The van der Waals surface area contributed by atoms with E-state index in [2.05, 4.69) is 10.5 Å². The highest BCUT2D eigenvalue weighted by Crippen LogP contribution is 2.25. The molecule has 2 aromatic carbocycles. The van der Waals surface area contributed by atoms with Gasteiger partial charge in [-0.3, -0.25) is 4.79 Å². The fraction of sp³-hybridized carbons (Fsp3) is 0.190. The molecule has 0 radical (unpaired) electrons. The molecule has 1 heterocycles. The molecule has 0 saturated carbocycles. The van der Waals surface area contributed by atoms with Crippen LogP contribution < -0.4 is 10.5 Å². The minimum absolute atomic E-state index is 0.119. The van der Waals surface area contributed by atoms with E-state index in [1.807, 2.05) is 24.3 Å². The van der Waals surface area contributed by atoms with Crippen LogP contribution in [0.5, 0.6) is 5.75 Å². The average molecular weight is 379 g/mol. The van der Waals surface area contributed by atoms with E-state index in [1.54, 1.807) is 26.0 Å². The van der Waals surface area contributed by atoms with Gasteiger partial charge in [-0.1, -0.05) is 24.3 Å². The van der Waals surface area contributed by atoms with Gasteiger partial charge in [0.25, 0.3) is 5.91 Å². The number of benzene rings is 2. The third-order valence-corrected chi connectivity index (χ3v) is 4.37. The summed E-state index contributed by atoms with van der Waals surface area (Å²) in [4.78, 5) is 23.0. The van der Waals surface area contributed by atoms with Crippen LogP contribution in [0.1, 0.15) is 40.8 Å². The maximum absolute atomic E-state index is 12.4. The van der Waals surface area contributed by atoms with Gasteiger partial charge in [-0.15, -0.1) is 0 Å². The summed E-state index contributed by atoms with van der Waals surface area (Å²) in [5, 5.41) is 26.4. The van der Waals surface area contributed by atoms with Crippen LogP contribution in [-0.2, 0) is 11.2 Å². The van der Waals surface area contributed by atoms with E-state index in [0.29, 0.717) is 22.8 Å². The largest absolute Gasteiger partial charge is 0.550 e. The van der Waals surface area contributed by atoms with E-state index in [0.717, 1.165) is 10.8 Å². The number of furan rings is 1. The van der Waals surface area contributed by atoms with Crippen molar-refractivity contribution in [3.8, 4) is 5.75 Å². The number of aliphatic carboxylic acids is 1. The number of hydrogen-bond acceptors (Lipinski definition) is 6. The molecule has 0 aliphatic carbocycles. The lowest BCUT2D eigenvalue weighted by Gasteiger charge is -2.06. The number of nitrogens with one attached hydrogen (secondary N) is 1. The number of carboxylic acid groups (broad SMARTS) is 1. The Bertz CT molecular complexity index is 1080. The van der Waals surface area contributed by atoms with Crippen LogP contribution >= 0.6 is 0 Å². The van der Waals surface area contributed by atoms with E-state index < -0.39 is 11.9 Å². The van der Waals surface area contributed by atoms with Crippen molar-refractivity contribution in [3.63, 3.8) is 0 Å². The first kappa shape index (κ1) is 19.2. The smallest absolute Gasteiger partial charge is 0.275 e. The molecule has 2 N–H and O–H groups in total. The molecule has 0 aliphatic heterocycles. The van der Waals surface area contributed by atoms with Crippen molar-refractivity contribution in [3.05, 3.63) is 65.1 Å². The first-order valence-electron chi connectivity index (χ1n) is 8.71. The van der Waals surface area contributed by atoms with E-state index in [1.165, 1.54) is 6.07 Å². The molecule has 0 aliphatic rings. The van der Waals surface area contributed by atoms with E-state index >= 15 is 0 Å². The molecule has 0 unspecified atom stereocenters. The monoisotopic (exact) mass is 379 g/mol. The molecule has 0 spiro atoms. The minimum Gasteiger partial charge on any atom is -0.550 e. The third-order valence-electron chi connectivity index (χ3n) is 4.37. The average Bonchev–Trinajstić information content (AvgIpc) is 3.04. The molecule has 7 heteroatoms. The van der Waals surface area contributed by atoms with Gasteiger partial charge in [-0.05, 0) is 49.2 Å².